The lowest BCUT2D eigenvalue weighted by atomic mass is 10.2. The summed E-state index contributed by atoms with van der Waals surface area (Å²) in [5.74, 6) is 0. The van der Waals surface area contributed by atoms with Gasteiger partial charge in [-0.1, -0.05) is 20.8 Å². The molecule has 4 heteroatoms. The topological polar surface area (TPSA) is 18.5 Å². The summed E-state index contributed by atoms with van der Waals surface area (Å²) in [5, 5.41) is 0.247. The molecular weight excluding hydrogens is 220 g/mol. The molecule has 0 aliphatic carbocycles. The van der Waals surface area contributed by atoms with Gasteiger partial charge in [-0.2, -0.15) is 0 Å². The van der Waals surface area contributed by atoms with E-state index in [1.165, 1.54) is 0 Å². The van der Waals surface area contributed by atoms with Crippen LogP contribution in [0.4, 0.5) is 0 Å². The normalized spacial score (nSPS) is 14.4. The Bertz CT molecular complexity index is 222. The standard InChI is InChI=1S/C11H26O2Si2/c1-11(2,3)15(7,8)13-10-9-12-14(4,5)6/h9-10H,1-8H3/b10-9-. The average Bonchev–Trinajstić information content (AvgIpc) is 1.94. The van der Waals surface area contributed by atoms with E-state index in [4.69, 9.17) is 8.85 Å². The van der Waals surface area contributed by atoms with E-state index in [0.29, 0.717) is 0 Å². The molecule has 0 saturated heterocycles. The van der Waals surface area contributed by atoms with E-state index < -0.39 is 16.6 Å². The van der Waals surface area contributed by atoms with E-state index in [1.54, 1.807) is 12.5 Å². The molecule has 0 aromatic carbocycles. The summed E-state index contributed by atoms with van der Waals surface area (Å²) in [6, 6.07) is 0. The second kappa shape index (κ2) is 4.74. The van der Waals surface area contributed by atoms with Crippen LogP contribution in [0.15, 0.2) is 12.5 Å². The van der Waals surface area contributed by atoms with Crippen LogP contribution in [-0.4, -0.2) is 16.6 Å². The molecule has 0 bridgehead atoms. The predicted octanol–water partition coefficient (Wildman–Crippen LogP) is 4.33. The molecule has 0 aromatic rings. The molecular formula is C11H26O2Si2. The molecule has 0 aromatic heterocycles. The van der Waals surface area contributed by atoms with Crippen molar-refractivity contribution in [3.8, 4) is 0 Å². The van der Waals surface area contributed by atoms with Gasteiger partial charge in [-0.25, -0.2) is 0 Å². The maximum atomic E-state index is 5.84. The molecule has 90 valence electrons. The third kappa shape index (κ3) is 6.04. The third-order valence-corrected chi connectivity index (χ3v) is 7.83. The van der Waals surface area contributed by atoms with Crippen LogP contribution in [0.2, 0.25) is 37.8 Å². The molecule has 0 heterocycles. The molecule has 0 unspecified atom stereocenters. The summed E-state index contributed by atoms with van der Waals surface area (Å²) < 4.78 is 11.4. The van der Waals surface area contributed by atoms with Crippen molar-refractivity contribution in [1.29, 1.82) is 0 Å². The molecule has 0 N–H and O–H groups in total. The van der Waals surface area contributed by atoms with E-state index in [9.17, 15) is 0 Å². The van der Waals surface area contributed by atoms with Crippen molar-refractivity contribution in [2.24, 2.45) is 0 Å². The lowest BCUT2D eigenvalue weighted by Gasteiger charge is -2.34. The van der Waals surface area contributed by atoms with Crippen LogP contribution in [0.25, 0.3) is 0 Å². The Balaban J connectivity index is 4.17. The SMILES string of the molecule is CC(C)(C)[Si](C)(C)O/C=C\O[Si](C)(C)C. The van der Waals surface area contributed by atoms with Gasteiger partial charge in [0.15, 0.2) is 0 Å². The van der Waals surface area contributed by atoms with Crippen molar-refractivity contribution in [2.45, 2.75) is 58.5 Å². The first-order chi connectivity index (χ1) is 6.46. The van der Waals surface area contributed by atoms with E-state index in [-0.39, 0.29) is 5.04 Å². The first-order valence-electron chi connectivity index (χ1n) is 5.46. The zero-order valence-corrected chi connectivity index (χ0v) is 13.5. The van der Waals surface area contributed by atoms with Gasteiger partial charge in [0.1, 0.15) is 0 Å². The highest BCUT2D eigenvalue weighted by molar-refractivity contribution is 6.74. The summed E-state index contributed by atoms with van der Waals surface area (Å²) in [4.78, 5) is 0. The first kappa shape index (κ1) is 14.8. The summed E-state index contributed by atoms with van der Waals surface area (Å²) in [5.41, 5.74) is 0. The number of hydrogen-bond donors (Lipinski definition) is 0. The van der Waals surface area contributed by atoms with Crippen LogP contribution in [0.1, 0.15) is 20.8 Å². The molecule has 0 atom stereocenters. The quantitative estimate of drug-likeness (QED) is 0.543. The average molecular weight is 246 g/mol. The fraction of sp³-hybridized carbons (Fsp3) is 0.818. The van der Waals surface area contributed by atoms with E-state index >= 15 is 0 Å². The molecule has 0 rings (SSSR count). The minimum atomic E-state index is -1.65. The Labute approximate surface area is 96.9 Å². The molecule has 0 amide bonds. The fourth-order valence-electron chi connectivity index (χ4n) is 0.607. The zero-order valence-electron chi connectivity index (χ0n) is 11.5. The molecule has 0 radical (unpaired) electrons. The van der Waals surface area contributed by atoms with E-state index in [0.717, 1.165) is 0 Å². The largest absolute Gasteiger partial charge is 0.547 e. The van der Waals surface area contributed by atoms with E-state index in [1.807, 2.05) is 0 Å². The van der Waals surface area contributed by atoms with Crippen molar-refractivity contribution < 1.29 is 8.85 Å². The number of hydrogen-bond acceptors (Lipinski definition) is 2. The Morgan fingerprint density at radius 3 is 1.53 bits per heavy atom. The Kier molecular flexibility index (Phi) is 4.67. The van der Waals surface area contributed by atoms with Crippen LogP contribution < -0.4 is 0 Å². The minimum absolute atomic E-state index is 0.247. The van der Waals surface area contributed by atoms with Gasteiger partial charge in [0.05, 0.1) is 12.5 Å². The maximum absolute atomic E-state index is 5.84. The van der Waals surface area contributed by atoms with Gasteiger partial charge in [-0.15, -0.1) is 0 Å². The van der Waals surface area contributed by atoms with Crippen LogP contribution in [0.5, 0.6) is 0 Å². The van der Waals surface area contributed by atoms with Crippen molar-refractivity contribution in [3.63, 3.8) is 0 Å². The summed E-state index contributed by atoms with van der Waals surface area (Å²) in [6.45, 7) is 17.6. The monoisotopic (exact) mass is 246 g/mol. The Hall–Kier alpha value is -0.226. The summed E-state index contributed by atoms with van der Waals surface area (Å²) in [6.07, 6.45) is 3.45. The Morgan fingerprint density at radius 1 is 0.800 bits per heavy atom. The molecule has 0 spiro atoms. The van der Waals surface area contributed by atoms with Crippen LogP contribution in [-0.2, 0) is 8.85 Å². The van der Waals surface area contributed by atoms with Gasteiger partial charge < -0.3 is 8.85 Å². The van der Waals surface area contributed by atoms with Gasteiger partial charge >= 0.3 is 0 Å². The lowest BCUT2D eigenvalue weighted by Crippen LogP contribution is -2.39. The summed E-state index contributed by atoms with van der Waals surface area (Å²) in [7, 11) is -3.10. The van der Waals surface area contributed by atoms with Crippen molar-refractivity contribution in [1.82, 2.24) is 0 Å². The highest BCUT2D eigenvalue weighted by Gasteiger charge is 2.37. The smallest absolute Gasteiger partial charge is 0.249 e. The van der Waals surface area contributed by atoms with Crippen LogP contribution >= 0.6 is 0 Å². The predicted molar refractivity (Wildman–Crippen MR) is 71.9 cm³/mol. The van der Waals surface area contributed by atoms with Crippen molar-refractivity contribution >= 4 is 16.6 Å². The van der Waals surface area contributed by atoms with Gasteiger partial charge in [0.2, 0.25) is 16.6 Å². The highest BCUT2D eigenvalue weighted by Crippen LogP contribution is 2.36. The minimum Gasteiger partial charge on any atom is -0.547 e. The molecule has 15 heavy (non-hydrogen) atoms. The maximum Gasteiger partial charge on any atom is 0.249 e. The van der Waals surface area contributed by atoms with Crippen molar-refractivity contribution in [3.05, 3.63) is 12.5 Å². The zero-order chi connectivity index (χ0) is 12.3. The van der Waals surface area contributed by atoms with Gasteiger partial charge in [0.25, 0.3) is 0 Å². The molecule has 0 saturated carbocycles. The van der Waals surface area contributed by atoms with Crippen LogP contribution in [0.3, 0.4) is 0 Å². The van der Waals surface area contributed by atoms with E-state index in [2.05, 4.69) is 53.5 Å². The van der Waals surface area contributed by atoms with Gasteiger partial charge in [-0.3, -0.25) is 0 Å². The second-order valence-electron chi connectivity index (χ2n) is 6.38. The summed E-state index contributed by atoms with van der Waals surface area (Å²) >= 11 is 0. The fourth-order valence-corrected chi connectivity index (χ4v) is 1.82. The molecule has 0 aliphatic heterocycles. The second-order valence-corrected chi connectivity index (χ2v) is 15.6. The highest BCUT2D eigenvalue weighted by atomic mass is 28.4. The van der Waals surface area contributed by atoms with Crippen LogP contribution in [0, 0.1) is 0 Å². The molecule has 0 fully saturated rings. The molecule has 0 aliphatic rings. The molecule has 2 nitrogen and oxygen atoms in total. The Morgan fingerprint density at radius 2 is 1.20 bits per heavy atom. The lowest BCUT2D eigenvalue weighted by molar-refractivity contribution is 0.394. The van der Waals surface area contributed by atoms with Gasteiger partial charge in [-0.05, 0) is 37.8 Å². The third-order valence-electron chi connectivity index (χ3n) is 2.65. The van der Waals surface area contributed by atoms with Gasteiger partial charge in [0, 0.05) is 0 Å². The van der Waals surface area contributed by atoms with Crippen molar-refractivity contribution in [2.75, 3.05) is 0 Å². The first-order valence-corrected chi connectivity index (χ1v) is 11.8. The number of rotatable bonds is 4.